The van der Waals surface area contributed by atoms with Gasteiger partial charge in [-0.1, -0.05) is 19.3 Å². The molecule has 2 atom stereocenters. The Morgan fingerprint density at radius 2 is 1.73 bits per heavy atom. The lowest BCUT2D eigenvalue weighted by atomic mass is 9.77. The Bertz CT molecular complexity index is 203. The molecule has 2 unspecified atom stereocenters. The summed E-state index contributed by atoms with van der Waals surface area (Å²) in [5.74, 6) is 0.789. The topological polar surface area (TPSA) is 33.0 Å². The number of ether oxygens (including phenoxy) is 1. The summed E-state index contributed by atoms with van der Waals surface area (Å²) in [6.45, 7) is 0.871. The molecule has 2 nitrogen and oxygen atoms in total. The van der Waals surface area contributed by atoms with E-state index in [-0.39, 0.29) is 12.0 Å². The van der Waals surface area contributed by atoms with Crippen molar-refractivity contribution in [3.05, 3.63) is 0 Å². The van der Waals surface area contributed by atoms with Crippen molar-refractivity contribution in [1.82, 2.24) is 0 Å². The maximum atomic E-state index is 9.30. The molecule has 0 spiro atoms. The molecule has 0 bridgehead atoms. The number of hydrogen-bond acceptors (Lipinski definition) is 2. The normalized spacial score (nSPS) is 30.7. The summed E-state index contributed by atoms with van der Waals surface area (Å²) in [7, 11) is 0. The molecule has 1 aliphatic carbocycles. The second-order valence-corrected chi connectivity index (χ2v) is 4.96. The van der Waals surface area contributed by atoms with E-state index in [0.717, 1.165) is 13.0 Å². The van der Waals surface area contributed by atoms with Gasteiger partial charge in [0.15, 0.2) is 0 Å². The molecule has 1 saturated heterocycles. The van der Waals surface area contributed by atoms with Crippen molar-refractivity contribution >= 4 is 0 Å². The first-order valence-electron chi connectivity index (χ1n) is 6.43. The Labute approximate surface area is 92.6 Å². The molecule has 0 amide bonds. The molecule has 84 valence electrons. The van der Waals surface area contributed by atoms with Crippen LogP contribution in [0.4, 0.5) is 0 Å². The molecule has 15 heavy (non-hydrogen) atoms. The smallest absolute Gasteiger partial charge is 0.0753 e. The third-order valence-corrected chi connectivity index (χ3v) is 3.92. The van der Waals surface area contributed by atoms with Crippen LogP contribution in [0.2, 0.25) is 0 Å². The van der Waals surface area contributed by atoms with E-state index in [1.807, 2.05) is 0 Å². The molecule has 0 aromatic rings. The minimum Gasteiger partial charge on any atom is -0.377 e. The number of nitrogens with zero attached hydrogens (tertiary/aromatic N) is 1. The zero-order valence-corrected chi connectivity index (χ0v) is 9.45. The van der Waals surface area contributed by atoms with E-state index >= 15 is 0 Å². The lowest BCUT2D eigenvalue weighted by molar-refractivity contribution is -0.0251. The van der Waals surface area contributed by atoms with Crippen LogP contribution in [0.1, 0.15) is 51.4 Å². The molecule has 1 aliphatic heterocycles. The van der Waals surface area contributed by atoms with Gasteiger partial charge in [0.25, 0.3) is 0 Å². The van der Waals surface area contributed by atoms with Crippen LogP contribution < -0.4 is 0 Å². The van der Waals surface area contributed by atoms with E-state index in [0.29, 0.717) is 5.92 Å². The van der Waals surface area contributed by atoms with Gasteiger partial charge in [0, 0.05) is 6.61 Å². The SMILES string of the molecule is N#CC(C1CCCCC1)C1CCCCO1. The van der Waals surface area contributed by atoms with Crippen LogP contribution in [0.5, 0.6) is 0 Å². The Morgan fingerprint density at radius 1 is 1.00 bits per heavy atom. The van der Waals surface area contributed by atoms with E-state index in [9.17, 15) is 5.26 Å². The maximum absolute atomic E-state index is 9.30. The summed E-state index contributed by atoms with van der Waals surface area (Å²) in [6.07, 6.45) is 10.3. The average Bonchev–Trinajstić information content (AvgIpc) is 2.33. The third-order valence-electron chi connectivity index (χ3n) is 3.92. The number of rotatable bonds is 2. The summed E-state index contributed by atoms with van der Waals surface area (Å²) in [4.78, 5) is 0. The van der Waals surface area contributed by atoms with Gasteiger partial charge >= 0.3 is 0 Å². The molecule has 0 aromatic carbocycles. The van der Waals surface area contributed by atoms with Gasteiger partial charge in [-0.15, -0.1) is 0 Å². The van der Waals surface area contributed by atoms with Gasteiger partial charge in [-0.3, -0.25) is 0 Å². The van der Waals surface area contributed by atoms with Gasteiger partial charge in [0.1, 0.15) is 0 Å². The predicted octanol–water partition coefficient (Wildman–Crippen LogP) is 3.28. The molecule has 0 radical (unpaired) electrons. The monoisotopic (exact) mass is 207 g/mol. The zero-order valence-electron chi connectivity index (χ0n) is 9.45. The number of nitriles is 1. The minimum absolute atomic E-state index is 0.172. The average molecular weight is 207 g/mol. The molecular formula is C13H21NO. The highest BCUT2D eigenvalue weighted by molar-refractivity contribution is 4.95. The van der Waals surface area contributed by atoms with E-state index in [1.165, 1.54) is 44.9 Å². The van der Waals surface area contributed by atoms with E-state index in [1.54, 1.807) is 0 Å². The molecule has 2 aliphatic rings. The Hall–Kier alpha value is -0.550. The fraction of sp³-hybridized carbons (Fsp3) is 0.923. The van der Waals surface area contributed by atoms with Gasteiger partial charge < -0.3 is 4.74 Å². The van der Waals surface area contributed by atoms with Crippen LogP contribution in [0, 0.1) is 23.2 Å². The van der Waals surface area contributed by atoms with Crippen molar-refractivity contribution in [2.24, 2.45) is 11.8 Å². The molecule has 2 fully saturated rings. The van der Waals surface area contributed by atoms with Crippen LogP contribution in [0.15, 0.2) is 0 Å². The van der Waals surface area contributed by atoms with Crippen LogP contribution >= 0.6 is 0 Å². The van der Waals surface area contributed by atoms with Crippen molar-refractivity contribution < 1.29 is 4.74 Å². The first-order valence-corrected chi connectivity index (χ1v) is 6.43. The van der Waals surface area contributed by atoms with Crippen molar-refractivity contribution in [1.29, 1.82) is 5.26 Å². The maximum Gasteiger partial charge on any atom is 0.0753 e. The van der Waals surface area contributed by atoms with Crippen molar-refractivity contribution in [2.75, 3.05) is 6.61 Å². The van der Waals surface area contributed by atoms with E-state index in [4.69, 9.17) is 4.74 Å². The fourth-order valence-corrected chi connectivity index (χ4v) is 3.03. The van der Waals surface area contributed by atoms with Gasteiger partial charge in [-0.25, -0.2) is 0 Å². The Kier molecular flexibility index (Phi) is 4.02. The molecular weight excluding hydrogens is 186 g/mol. The van der Waals surface area contributed by atoms with Crippen molar-refractivity contribution in [3.63, 3.8) is 0 Å². The molecule has 2 rings (SSSR count). The summed E-state index contributed by atoms with van der Waals surface area (Å²) in [6, 6.07) is 2.52. The van der Waals surface area contributed by atoms with E-state index < -0.39 is 0 Å². The largest absolute Gasteiger partial charge is 0.377 e. The number of hydrogen-bond donors (Lipinski definition) is 0. The lowest BCUT2D eigenvalue weighted by Crippen LogP contribution is -2.33. The molecule has 1 heterocycles. The van der Waals surface area contributed by atoms with Crippen molar-refractivity contribution in [3.8, 4) is 6.07 Å². The summed E-state index contributed by atoms with van der Waals surface area (Å²) in [5, 5.41) is 9.30. The fourth-order valence-electron chi connectivity index (χ4n) is 3.03. The highest BCUT2D eigenvalue weighted by Gasteiger charge is 2.32. The summed E-state index contributed by atoms with van der Waals surface area (Å²) < 4.78 is 5.76. The minimum atomic E-state index is 0.172. The van der Waals surface area contributed by atoms with Crippen molar-refractivity contribution in [2.45, 2.75) is 57.5 Å². The molecule has 1 saturated carbocycles. The quantitative estimate of drug-likeness (QED) is 0.696. The van der Waals surface area contributed by atoms with Crippen LogP contribution in [0.3, 0.4) is 0 Å². The van der Waals surface area contributed by atoms with Gasteiger partial charge in [-0.05, 0) is 38.0 Å². The van der Waals surface area contributed by atoms with Gasteiger partial charge in [0.2, 0.25) is 0 Å². The summed E-state index contributed by atoms with van der Waals surface area (Å²) in [5.41, 5.74) is 0. The zero-order chi connectivity index (χ0) is 10.5. The second kappa shape index (κ2) is 5.51. The first-order chi connectivity index (χ1) is 7.42. The Morgan fingerprint density at radius 3 is 2.33 bits per heavy atom. The molecule has 0 aromatic heterocycles. The second-order valence-electron chi connectivity index (χ2n) is 4.96. The van der Waals surface area contributed by atoms with Crippen LogP contribution in [0.25, 0.3) is 0 Å². The summed E-state index contributed by atoms with van der Waals surface area (Å²) >= 11 is 0. The van der Waals surface area contributed by atoms with E-state index in [2.05, 4.69) is 6.07 Å². The third kappa shape index (κ3) is 2.72. The highest BCUT2D eigenvalue weighted by Crippen LogP contribution is 2.34. The Balaban J connectivity index is 1.92. The van der Waals surface area contributed by atoms with Gasteiger partial charge in [-0.2, -0.15) is 5.26 Å². The molecule has 0 N–H and O–H groups in total. The first kappa shape index (κ1) is 11.0. The predicted molar refractivity (Wildman–Crippen MR) is 59.3 cm³/mol. The lowest BCUT2D eigenvalue weighted by Gasteiger charge is -2.33. The van der Waals surface area contributed by atoms with Gasteiger partial charge in [0.05, 0.1) is 18.1 Å². The highest BCUT2D eigenvalue weighted by atomic mass is 16.5. The molecule has 2 heteroatoms. The van der Waals surface area contributed by atoms with Crippen LogP contribution in [-0.4, -0.2) is 12.7 Å². The van der Waals surface area contributed by atoms with Crippen LogP contribution in [-0.2, 0) is 4.74 Å². The standard InChI is InChI=1S/C13H21NO/c14-10-12(11-6-2-1-3-7-11)13-8-4-5-9-15-13/h11-13H,1-9H2.